The van der Waals surface area contributed by atoms with Crippen molar-refractivity contribution in [1.82, 2.24) is 4.98 Å². The number of halogens is 3. The SMILES string of the molecule is Cc1nc2ccc(NC3CCCC(C(F)(F)F)C3)cc2s1. The minimum absolute atomic E-state index is 0.100. The molecule has 114 valence electrons. The van der Waals surface area contributed by atoms with Crippen molar-refractivity contribution in [2.24, 2.45) is 5.92 Å². The van der Waals surface area contributed by atoms with Crippen molar-refractivity contribution in [1.29, 1.82) is 0 Å². The van der Waals surface area contributed by atoms with Gasteiger partial charge in [-0.3, -0.25) is 0 Å². The van der Waals surface area contributed by atoms with Crippen molar-refractivity contribution in [2.75, 3.05) is 5.32 Å². The third-order valence-electron chi connectivity index (χ3n) is 4.00. The molecule has 1 aromatic heterocycles. The maximum atomic E-state index is 12.8. The number of anilines is 1. The molecule has 21 heavy (non-hydrogen) atoms. The molecule has 1 aliphatic carbocycles. The van der Waals surface area contributed by atoms with Gasteiger partial charge in [0, 0.05) is 11.7 Å². The third-order valence-corrected chi connectivity index (χ3v) is 4.94. The van der Waals surface area contributed by atoms with E-state index in [1.165, 1.54) is 0 Å². The lowest BCUT2D eigenvalue weighted by atomic mass is 9.85. The van der Waals surface area contributed by atoms with Crippen LogP contribution in [0.25, 0.3) is 10.2 Å². The molecule has 1 N–H and O–H groups in total. The number of nitrogens with one attached hydrogen (secondary N) is 1. The highest BCUT2D eigenvalue weighted by atomic mass is 32.1. The first kappa shape index (κ1) is 14.6. The van der Waals surface area contributed by atoms with Crippen molar-refractivity contribution in [3.05, 3.63) is 23.2 Å². The number of hydrogen-bond acceptors (Lipinski definition) is 3. The number of hydrogen-bond donors (Lipinski definition) is 1. The number of aromatic nitrogens is 1. The minimum Gasteiger partial charge on any atom is -0.382 e. The average Bonchev–Trinajstić information content (AvgIpc) is 2.77. The van der Waals surface area contributed by atoms with Gasteiger partial charge in [0.15, 0.2) is 0 Å². The van der Waals surface area contributed by atoms with E-state index in [1.807, 2.05) is 25.1 Å². The molecule has 0 radical (unpaired) electrons. The van der Waals surface area contributed by atoms with E-state index >= 15 is 0 Å². The Morgan fingerprint density at radius 2 is 2.10 bits per heavy atom. The van der Waals surface area contributed by atoms with Crippen molar-refractivity contribution in [2.45, 2.75) is 44.8 Å². The number of aryl methyl sites for hydroxylation is 1. The van der Waals surface area contributed by atoms with Gasteiger partial charge in [0.1, 0.15) is 0 Å². The lowest BCUT2D eigenvalue weighted by Crippen LogP contribution is -2.34. The highest BCUT2D eigenvalue weighted by molar-refractivity contribution is 7.18. The number of nitrogens with zero attached hydrogens (tertiary/aromatic N) is 1. The monoisotopic (exact) mass is 314 g/mol. The molecule has 1 saturated carbocycles. The third kappa shape index (κ3) is 3.31. The predicted molar refractivity (Wildman–Crippen MR) is 79.8 cm³/mol. The van der Waals surface area contributed by atoms with E-state index in [-0.39, 0.29) is 18.9 Å². The Morgan fingerprint density at radius 1 is 1.29 bits per heavy atom. The van der Waals surface area contributed by atoms with Crippen LogP contribution in [0.4, 0.5) is 18.9 Å². The Morgan fingerprint density at radius 3 is 2.86 bits per heavy atom. The van der Waals surface area contributed by atoms with E-state index in [2.05, 4.69) is 10.3 Å². The number of benzene rings is 1. The Hall–Kier alpha value is -1.30. The first-order chi connectivity index (χ1) is 9.91. The van der Waals surface area contributed by atoms with Crippen LogP contribution < -0.4 is 5.32 Å². The van der Waals surface area contributed by atoms with Crippen LogP contribution in [0, 0.1) is 12.8 Å². The van der Waals surface area contributed by atoms with Gasteiger partial charge in [-0.1, -0.05) is 6.42 Å². The lowest BCUT2D eigenvalue weighted by molar-refractivity contribution is -0.182. The van der Waals surface area contributed by atoms with E-state index < -0.39 is 12.1 Å². The van der Waals surface area contributed by atoms with Crippen molar-refractivity contribution in [3.63, 3.8) is 0 Å². The maximum Gasteiger partial charge on any atom is 0.391 e. The largest absolute Gasteiger partial charge is 0.391 e. The number of thiazole rings is 1. The summed E-state index contributed by atoms with van der Waals surface area (Å²) in [5.41, 5.74) is 1.83. The van der Waals surface area contributed by atoms with Gasteiger partial charge in [-0.25, -0.2) is 4.98 Å². The molecular formula is C15H17F3N2S. The fourth-order valence-corrected chi connectivity index (χ4v) is 3.85. The van der Waals surface area contributed by atoms with Crippen LogP contribution in [0.15, 0.2) is 18.2 Å². The summed E-state index contributed by atoms with van der Waals surface area (Å²) < 4.78 is 39.6. The maximum absolute atomic E-state index is 12.8. The van der Waals surface area contributed by atoms with Crippen LogP contribution in [-0.2, 0) is 0 Å². The Balaban J connectivity index is 1.72. The van der Waals surface area contributed by atoms with E-state index in [1.54, 1.807) is 11.3 Å². The van der Waals surface area contributed by atoms with Gasteiger partial charge >= 0.3 is 6.18 Å². The first-order valence-corrected chi connectivity index (χ1v) is 7.94. The van der Waals surface area contributed by atoms with Crippen LogP contribution in [0.2, 0.25) is 0 Å². The van der Waals surface area contributed by atoms with E-state index in [4.69, 9.17) is 0 Å². The molecule has 1 aliphatic rings. The van der Waals surface area contributed by atoms with Crippen molar-refractivity contribution >= 4 is 27.2 Å². The quantitative estimate of drug-likeness (QED) is 0.830. The molecule has 0 saturated heterocycles. The predicted octanol–water partition coefficient (Wildman–Crippen LogP) is 5.14. The van der Waals surface area contributed by atoms with Gasteiger partial charge in [-0.05, 0) is 44.4 Å². The minimum atomic E-state index is -4.07. The second-order valence-corrected chi connectivity index (χ2v) is 6.90. The molecule has 0 spiro atoms. The molecule has 2 atom stereocenters. The molecule has 0 aliphatic heterocycles. The standard InChI is InChI=1S/C15H17F3N2S/c1-9-19-13-6-5-12(8-14(13)21-9)20-11-4-2-3-10(7-11)15(16,17)18/h5-6,8,10-11,20H,2-4,7H2,1H3. The topological polar surface area (TPSA) is 24.9 Å². The molecule has 1 fully saturated rings. The summed E-state index contributed by atoms with van der Waals surface area (Å²) in [5.74, 6) is -1.17. The van der Waals surface area contributed by atoms with Crippen molar-refractivity contribution in [3.8, 4) is 0 Å². The van der Waals surface area contributed by atoms with Crippen LogP contribution >= 0.6 is 11.3 Å². The zero-order chi connectivity index (χ0) is 15.0. The summed E-state index contributed by atoms with van der Waals surface area (Å²) in [6, 6.07) is 5.71. The molecule has 2 unspecified atom stereocenters. The van der Waals surface area contributed by atoms with Gasteiger partial charge in [-0.2, -0.15) is 13.2 Å². The Kier molecular flexibility index (Phi) is 3.82. The van der Waals surface area contributed by atoms with Crippen LogP contribution in [0.5, 0.6) is 0 Å². The van der Waals surface area contributed by atoms with Crippen molar-refractivity contribution < 1.29 is 13.2 Å². The summed E-state index contributed by atoms with van der Waals surface area (Å²) in [4.78, 5) is 4.39. The zero-order valence-corrected chi connectivity index (χ0v) is 12.5. The molecule has 0 bridgehead atoms. The summed E-state index contributed by atoms with van der Waals surface area (Å²) in [6.45, 7) is 1.95. The first-order valence-electron chi connectivity index (χ1n) is 7.12. The fraction of sp³-hybridized carbons (Fsp3) is 0.533. The number of alkyl halides is 3. The van der Waals surface area contributed by atoms with E-state index in [0.29, 0.717) is 6.42 Å². The van der Waals surface area contributed by atoms with Gasteiger partial charge in [0.2, 0.25) is 0 Å². The Labute approximate surface area is 125 Å². The molecule has 3 rings (SSSR count). The lowest BCUT2D eigenvalue weighted by Gasteiger charge is -2.31. The zero-order valence-electron chi connectivity index (χ0n) is 11.7. The fourth-order valence-electron chi connectivity index (χ4n) is 2.98. The number of rotatable bonds is 2. The number of fused-ring (bicyclic) bond motifs is 1. The molecule has 2 aromatic rings. The average molecular weight is 314 g/mol. The van der Waals surface area contributed by atoms with Gasteiger partial charge in [-0.15, -0.1) is 11.3 Å². The van der Waals surface area contributed by atoms with Gasteiger partial charge in [0.25, 0.3) is 0 Å². The molecule has 1 heterocycles. The molecular weight excluding hydrogens is 297 g/mol. The van der Waals surface area contributed by atoms with Crippen LogP contribution in [0.1, 0.15) is 30.7 Å². The molecule has 2 nitrogen and oxygen atoms in total. The van der Waals surface area contributed by atoms with Crippen LogP contribution in [-0.4, -0.2) is 17.2 Å². The highest BCUT2D eigenvalue weighted by Crippen LogP contribution is 2.38. The molecule has 1 aromatic carbocycles. The van der Waals surface area contributed by atoms with Gasteiger partial charge in [0.05, 0.1) is 21.1 Å². The molecule has 6 heteroatoms. The second-order valence-electron chi connectivity index (χ2n) is 5.66. The summed E-state index contributed by atoms with van der Waals surface area (Å²) in [5, 5.41) is 4.26. The van der Waals surface area contributed by atoms with Crippen LogP contribution in [0.3, 0.4) is 0 Å². The normalized spacial score (nSPS) is 23.4. The highest BCUT2D eigenvalue weighted by Gasteiger charge is 2.42. The smallest absolute Gasteiger partial charge is 0.382 e. The Bertz CT molecular complexity index is 635. The van der Waals surface area contributed by atoms with E-state index in [0.717, 1.165) is 27.3 Å². The van der Waals surface area contributed by atoms with E-state index in [9.17, 15) is 13.2 Å². The van der Waals surface area contributed by atoms with Gasteiger partial charge < -0.3 is 5.32 Å². The summed E-state index contributed by atoms with van der Waals surface area (Å²) in [7, 11) is 0. The summed E-state index contributed by atoms with van der Waals surface area (Å²) >= 11 is 1.60. The second kappa shape index (κ2) is 5.48. The summed E-state index contributed by atoms with van der Waals surface area (Å²) in [6.07, 6.45) is -2.22. The molecule has 0 amide bonds.